The summed E-state index contributed by atoms with van der Waals surface area (Å²) in [5.74, 6) is 0.713. The normalized spacial score (nSPS) is 41.0. The molecule has 690 valence electrons. The van der Waals surface area contributed by atoms with Crippen molar-refractivity contribution in [2.24, 2.45) is 57.5 Å². The van der Waals surface area contributed by atoms with Crippen molar-refractivity contribution < 1.29 is 110 Å². The van der Waals surface area contributed by atoms with Crippen LogP contribution in [0.5, 0.6) is 0 Å². The van der Waals surface area contributed by atoms with E-state index in [0.717, 1.165) is 122 Å². The molecule has 8 heterocycles. The van der Waals surface area contributed by atoms with E-state index in [1.807, 2.05) is 56.7 Å². The molecule has 0 bridgehead atoms. The fourth-order valence-corrected chi connectivity index (χ4v) is 22.5. The van der Waals surface area contributed by atoms with Crippen molar-refractivity contribution in [2.75, 3.05) is 85.9 Å². The molecule has 0 aromatic carbocycles. The fraction of sp³-hybridized carbons (Fsp3) is 0.950. The predicted molar refractivity (Wildman–Crippen MR) is 458 cm³/mol. The van der Waals surface area contributed by atoms with Crippen molar-refractivity contribution in [2.45, 2.75) is 350 Å². The van der Waals surface area contributed by atoms with Gasteiger partial charge in [-0.2, -0.15) is 0 Å². The van der Waals surface area contributed by atoms with Gasteiger partial charge in [0.1, 0.15) is 119 Å². The number of nitrogens with one attached hydrogen (secondary N) is 4. The number of hydrogen-bond donors (Lipinski definition) is 20. The van der Waals surface area contributed by atoms with Gasteiger partial charge in [-0.15, -0.1) is 47.0 Å². The summed E-state index contributed by atoms with van der Waals surface area (Å²) in [7, 11) is 7.76. The zero-order valence-electron chi connectivity index (χ0n) is 72.4. The van der Waals surface area contributed by atoms with Gasteiger partial charge in [0.15, 0.2) is 0 Å². The van der Waals surface area contributed by atoms with E-state index in [1.54, 1.807) is 31.9 Å². The van der Waals surface area contributed by atoms with Crippen molar-refractivity contribution in [1.82, 2.24) is 40.9 Å². The zero-order valence-corrected chi connectivity index (χ0v) is 75.7. The Labute approximate surface area is 720 Å². The van der Waals surface area contributed by atoms with Crippen LogP contribution >= 0.6 is 47.0 Å². The molecule has 4 amide bonds. The van der Waals surface area contributed by atoms with Crippen LogP contribution < -0.4 is 32.7 Å². The van der Waals surface area contributed by atoms with Gasteiger partial charge in [-0.1, -0.05) is 85.7 Å². The maximum atomic E-state index is 13.4. The van der Waals surface area contributed by atoms with Crippen molar-refractivity contribution >= 4 is 70.7 Å². The molecule has 10 fully saturated rings. The van der Waals surface area contributed by atoms with Crippen molar-refractivity contribution in [3.05, 3.63) is 10.4 Å². The van der Waals surface area contributed by atoms with Crippen LogP contribution in [0.15, 0.2) is 5.11 Å². The maximum absolute atomic E-state index is 13.4. The minimum absolute atomic E-state index is 0.0447. The highest BCUT2D eigenvalue weighted by molar-refractivity contribution is 7.99. The van der Waals surface area contributed by atoms with Gasteiger partial charge in [-0.3, -0.25) is 38.8 Å². The van der Waals surface area contributed by atoms with Gasteiger partial charge >= 0.3 is 0 Å². The quantitative estimate of drug-likeness (QED) is 0.0233. The number of ether oxygens (including phenoxy) is 4. The molecule has 0 spiro atoms. The first-order valence-corrected chi connectivity index (χ1v) is 48.2. The molecule has 39 heteroatoms. The van der Waals surface area contributed by atoms with E-state index in [1.165, 1.54) is 47.0 Å². The summed E-state index contributed by atoms with van der Waals surface area (Å²) in [6.45, 7) is 17.5. The van der Waals surface area contributed by atoms with Crippen molar-refractivity contribution in [3.63, 3.8) is 0 Å². The van der Waals surface area contributed by atoms with Crippen LogP contribution in [0.3, 0.4) is 0 Å². The van der Waals surface area contributed by atoms with Gasteiger partial charge in [0.2, 0.25) is 23.6 Å². The number of amides is 4. The van der Waals surface area contributed by atoms with E-state index in [4.69, 9.17) is 35.9 Å². The lowest BCUT2D eigenvalue weighted by Gasteiger charge is -2.49. The standard InChI is InChI=1S/C21H39N5O5S.C21H39N3O5S.C21H38N2O7S.C17H33N3O5S/c1-7-8-12-9-13(26(5)10-12)19(30)23-18(21(3,4)11(2)24-25-22)17-15(28)14(27)16(29)20(31-17)32-6;1-4-6-11-9-14(24(2)10-11)20(28)23-15(12-7-5-8-13(12)22)19-17(26)16(25)18(27)21(29-19)30-3;1-4-5-10-8-12(23(2)9-10)20(29)22-14(11-6-7-13(24)15(11)25)19-17(27)16(26)18(28)21(30-19)31-3;1-4-5-9-6-11(20(2)8-9)16(24)19-10(7-18)15-13(22)12(21)14(23)17(25-15)26-3/h11-18,20,27-29H,7-10H2,1-6H3,(H,23,30);11-19,21,25-27H,4-10,22H2,1-3H3,(H,23,28);10-19,21,24-28H,4-9H2,1-3H3,(H,22,29);9-15,17,21-23H,4-8,18H2,1-3H3,(H,19,24)/t11?,12-,13+,14-,15?,16-,17+,18+,20?;11-,12-,13?,14+,15-,16-,17?,18-,19-,21?;10-,11+,12+,13?,14-,15?,16-,17?,18-,19-,21?;9-,10-,11+,12-,13?,14-,15-,17?/m1111/s1. The van der Waals surface area contributed by atoms with Gasteiger partial charge in [0.05, 0.1) is 60.5 Å². The minimum Gasteiger partial charge on any atom is -0.390 e. The molecule has 35 nitrogen and oxygen atoms in total. The van der Waals surface area contributed by atoms with Gasteiger partial charge in [-0.05, 0) is 171 Å². The molecule has 8 saturated heterocycles. The second-order valence-electron chi connectivity index (χ2n) is 35.8. The molecule has 8 aliphatic heterocycles. The number of rotatable bonds is 30. The van der Waals surface area contributed by atoms with E-state index in [2.05, 4.69) is 63.9 Å². The highest BCUT2D eigenvalue weighted by atomic mass is 32.2. The molecule has 2 saturated carbocycles. The monoisotopic (exact) mass is 1770 g/mol. The van der Waals surface area contributed by atoms with Crippen LogP contribution in [0.4, 0.5) is 0 Å². The molecule has 0 radical (unpaired) electrons. The van der Waals surface area contributed by atoms with E-state index in [0.29, 0.717) is 36.5 Å². The molecule has 0 aromatic heterocycles. The predicted octanol–water partition coefficient (Wildman–Crippen LogP) is -1.01. The molecular formula is C80H149N13O22S4. The van der Waals surface area contributed by atoms with Crippen molar-refractivity contribution in [1.29, 1.82) is 0 Å². The van der Waals surface area contributed by atoms with Gasteiger partial charge < -0.3 is 123 Å². The summed E-state index contributed by atoms with van der Waals surface area (Å²) in [4.78, 5) is 63.8. The number of nitrogens with zero attached hydrogens (tertiary/aromatic N) is 7. The second kappa shape index (κ2) is 48.2. The lowest BCUT2D eigenvalue weighted by Crippen LogP contribution is -2.67. The first-order valence-electron chi connectivity index (χ1n) is 43.1. The van der Waals surface area contributed by atoms with Crippen molar-refractivity contribution in [3.8, 4) is 0 Å². The number of thioether (sulfide) groups is 4. The minimum atomic E-state index is -1.44. The summed E-state index contributed by atoms with van der Waals surface area (Å²) >= 11 is 4.93. The third-order valence-corrected chi connectivity index (χ3v) is 30.5. The molecule has 10 rings (SSSR count). The summed E-state index contributed by atoms with van der Waals surface area (Å²) in [6.07, 6.45) is 0.515. The average molecular weight is 1770 g/mol. The number of carbonyl (C=O) groups is 4. The number of likely N-dealkylation sites (N-methyl/N-ethyl adjacent to an activating group) is 4. The third-order valence-electron chi connectivity index (χ3n) is 27.1. The SMILES string of the molecule is CCC[C@@H]1C[C@@H](C(=O)N[C@@H]([C@H]2OC(SC)[C@H](O)[C@H](O)C2O)C(C)(C)C(C)N=[N+]=[N-])N(C)C1.CCC[C@@H]1C[C@@H](C(=O)N[C@H](CN)[C@H]2OC(SC)[C@H](O)[C@H](O)C2O)N(C)C1.CCC[C@@H]1C[C@@H](C(=O)N[C@H]([C@@H]2CCC(O)C2O)[C@H]2OC(SC)[C@H](O)[C@H](O)C2O)N(C)C1.CCC[C@@H]1C[C@@H](C(=O)N[C@H]([C@@H]2CCCC2N)[C@H]2OC(SC)[C@H](O)[C@H](O)C2O)N(C)C1. The van der Waals surface area contributed by atoms with Crippen LogP contribution in [0.2, 0.25) is 0 Å². The Balaban J connectivity index is 0.000000219. The van der Waals surface area contributed by atoms with Gasteiger partial charge in [0, 0.05) is 55.6 Å². The van der Waals surface area contributed by atoms with E-state index in [9.17, 15) is 90.7 Å². The molecule has 38 atom stereocenters. The van der Waals surface area contributed by atoms with E-state index in [-0.39, 0.29) is 66.3 Å². The Morgan fingerprint density at radius 2 is 0.773 bits per heavy atom. The number of hydrogen-bond acceptors (Lipinski definition) is 33. The number of azide groups is 1. The van der Waals surface area contributed by atoms with Crippen LogP contribution in [-0.4, -0.2) is 393 Å². The van der Waals surface area contributed by atoms with Gasteiger partial charge in [0.25, 0.3) is 0 Å². The van der Waals surface area contributed by atoms with E-state index >= 15 is 0 Å². The number of nitrogens with two attached hydrogens (primary N) is 2. The smallest absolute Gasteiger partial charge is 0.237 e. The second-order valence-corrected chi connectivity index (χ2v) is 39.5. The highest BCUT2D eigenvalue weighted by Gasteiger charge is 2.57. The Bertz CT molecular complexity index is 3140. The summed E-state index contributed by atoms with van der Waals surface area (Å²) in [6, 6.07) is -4.47. The highest BCUT2D eigenvalue weighted by Crippen LogP contribution is 2.42. The van der Waals surface area contributed by atoms with Gasteiger partial charge in [-0.25, -0.2) is 0 Å². The number of aliphatic hydroxyl groups excluding tert-OH is 14. The van der Waals surface area contributed by atoms with E-state index < -0.39 is 173 Å². The molecule has 119 heavy (non-hydrogen) atoms. The molecular weight excluding hydrogens is 1620 g/mol. The number of likely N-dealkylation sites (tertiary alicyclic amines) is 4. The molecule has 22 N–H and O–H groups in total. The molecule has 12 unspecified atom stereocenters. The Morgan fingerprint density at radius 3 is 1.08 bits per heavy atom. The maximum Gasteiger partial charge on any atom is 0.237 e. The largest absolute Gasteiger partial charge is 0.390 e. The van der Waals surface area contributed by atoms with Crippen LogP contribution in [-0.2, 0) is 38.1 Å². The lowest BCUT2D eigenvalue weighted by atomic mass is 9.73. The summed E-state index contributed by atoms with van der Waals surface area (Å²) in [5, 5.41) is 161. The first kappa shape index (κ1) is 104. The summed E-state index contributed by atoms with van der Waals surface area (Å²) < 4.78 is 23.7. The summed E-state index contributed by atoms with van der Waals surface area (Å²) in [5.41, 5.74) is 17.4. The average Bonchev–Trinajstić information content (AvgIpc) is 0.835. The molecule has 0 aromatic rings. The van der Waals surface area contributed by atoms with Crippen LogP contribution in [0.1, 0.15) is 158 Å². The number of aliphatic hydroxyl groups is 14. The Morgan fingerprint density at radius 1 is 0.454 bits per heavy atom. The Hall–Kier alpha value is -2.37. The lowest BCUT2D eigenvalue weighted by molar-refractivity contribution is -0.213. The third kappa shape index (κ3) is 25.6. The topological polar surface area (TPSA) is 550 Å². The Kier molecular flexibility index (Phi) is 42.0. The fourth-order valence-electron chi connectivity index (χ4n) is 19.8. The molecule has 10 aliphatic rings. The van der Waals surface area contributed by atoms with Crippen LogP contribution in [0, 0.1) is 40.9 Å². The number of carbonyl (C=O) groups excluding carboxylic acids is 4. The first-order chi connectivity index (χ1) is 56.3. The van der Waals surface area contributed by atoms with Crippen LogP contribution in [0.25, 0.3) is 10.4 Å². The zero-order chi connectivity index (χ0) is 88.5. The molecule has 2 aliphatic carbocycles.